The molecule has 1 fully saturated rings. The molecular weight excluding hydrogens is 262 g/mol. The molecule has 5 heteroatoms. The molecule has 1 amide bonds. The van der Waals surface area contributed by atoms with Crippen LogP contribution >= 0.6 is 11.8 Å². The number of hydrogen-bond donors (Lipinski definition) is 1. The fourth-order valence-electron chi connectivity index (χ4n) is 2.54. The van der Waals surface area contributed by atoms with Crippen LogP contribution in [0.4, 0.5) is 5.69 Å². The monoisotopic (exact) mass is 279 g/mol. The SMILES string of the molecule is CN1C(=O)C(O)c2ccc(SCC3CCCO3)cc21. The molecule has 4 nitrogen and oxygen atoms in total. The summed E-state index contributed by atoms with van der Waals surface area (Å²) in [6.45, 7) is 0.874. The summed E-state index contributed by atoms with van der Waals surface area (Å²) in [5.41, 5.74) is 1.52. The molecule has 0 aliphatic carbocycles. The highest BCUT2D eigenvalue weighted by Crippen LogP contribution is 2.37. The minimum Gasteiger partial charge on any atom is -0.378 e. The first-order valence-corrected chi connectivity index (χ1v) is 7.49. The maximum absolute atomic E-state index is 11.7. The lowest BCUT2D eigenvalue weighted by Crippen LogP contribution is -2.23. The molecule has 0 radical (unpaired) electrons. The average molecular weight is 279 g/mol. The summed E-state index contributed by atoms with van der Waals surface area (Å²) in [5.74, 6) is 0.690. The van der Waals surface area contributed by atoms with E-state index in [1.807, 2.05) is 18.2 Å². The Kier molecular flexibility index (Phi) is 3.52. The number of aliphatic hydroxyl groups excluding tert-OH is 1. The van der Waals surface area contributed by atoms with Gasteiger partial charge in [0.25, 0.3) is 5.91 Å². The molecule has 2 aliphatic heterocycles. The maximum Gasteiger partial charge on any atom is 0.260 e. The normalized spacial score (nSPS) is 26.0. The van der Waals surface area contributed by atoms with Crippen LogP contribution in [-0.2, 0) is 9.53 Å². The van der Waals surface area contributed by atoms with Gasteiger partial charge in [-0.1, -0.05) is 6.07 Å². The molecule has 2 heterocycles. The van der Waals surface area contributed by atoms with Gasteiger partial charge in [0, 0.05) is 29.9 Å². The fourth-order valence-corrected chi connectivity index (χ4v) is 3.54. The molecule has 0 bridgehead atoms. The molecule has 2 aliphatic rings. The number of amides is 1. The topological polar surface area (TPSA) is 49.8 Å². The lowest BCUT2D eigenvalue weighted by atomic mass is 10.1. The van der Waals surface area contributed by atoms with E-state index in [9.17, 15) is 9.90 Å². The number of anilines is 1. The molecular formula is C14H17NO3S. The van der Waals surface area contributed by atoms with E-state index in [2.05, 4.69) is 0 Å². The first-order valence-electron chi connectivity index (χ1n) is 6.51. The van der Waals surface area contributed by atoms with E-state index in [0.29, 0.717) is 11.7 Å². The Morgan fingerprint density at radius 2 is 2.37 bits per heavy atom. The van der Waals surface area contributed by atoms with Crippen molar-refractivity contribution in [3.8, 4) is 0 Å². The summed E-state index contributed by atoms with van der Waals surface area (Å²) in [5, 5.41) is 9.80. The Balaban J connectivity index is 1.73. The second-order valence-electron chi connectivity index (χ2n) is 4.97. The van der Waals surface area contributed by atoms with E-state index in [-0.39, 0.29) is 5.91 Å². The third kappa shape index (κ3) is 2.38. The van der Waals surface area contributed by atoms with Crippen molar-refractivity contribution in [1.29, 1.82) is 0 Å². The van der Waals surface area contributed by atoms with Crippen LogP contribution in [-0.4, -0.2) is 36.5 Å². The minimum absolute atomic E-state index is 0.253. The Morgan fingerprint density at radius 3 is 3.11 bits per heavy atom. The van der Waals surface area contributed by atoms with E-state index in [4.69, 9.17) is 4.74 Å². The number of fused-ring (bicyclic) bond motifs is 1. The van der Waals surface area contributed by atoms with Crippen molar-refractivity contribution in [2.45, 2.75) is 29.9 Å². The molecule has 0 saturated carbocycles. The zero-order valence-corrected chi connectivity index (χ0v) is 11.7. The van der Waals surface area contributed by atoms with Crippen LogP contribution in [0.2, 0.25) is 0 Å². The third-order valence-electron chi connectivity index (χ3n) is 3.68. The molecule has 0 spiro atoms. The van der Waals surface area contributed by atoms with Gasteiger partial charge < -0.3 is 14.7 Å². The Bertz CT molecular complexity index is 499. The number of hydrogen-bond acceptors (Lipinski definition) is 4. The van der Waals surface area contributed by atoms with Gasteiger partial charge in [-0.15, -0.1) is 11.8 Å². The van der Waals surface area contributed by atoms with Gasteiger partial charge in [-0.05, 0) is 25.0 Å². The Hall–Kier alpha value is -1.04. The molecule has 102 valence electrons. The summed E-state index contributed by atoms with van der Waals surface area (Å²) >= 11 is 1.74. The van der Waals surface area contributed by atoms with Gasteiger partial charge in [-0.25, -0.2) is 0 Å². The van der Waals surface area contributed by atoms with E-state index >= 15 is 0 Å². The number of carbonyl (C=O) groups excluding carboxylic acids is 1. The number of thioether (sulfide) groups is 1. The van der Waals surface area contributed by atoms with Gasteiger partial charge in [-0.2, -0.15) is 0 Å². The minimum atomic E-state index is -1.00. The summed E-state index contributed by atoms with van der Waals surface area (Å²) < 4.78 is 5.60. The molecule has 2 unspecified atom stereocenters. The van der Waals surface area contributed by atoms with Crippen LogP contribution in [0.3, 0.4) is 0 Å². The van der Waals surface area contributed by atoms with Gasteiger partial charge in [-0.3, -0.25) is 4.79 Å². The van der Waals surface area contributed by atoms with Crippen LogP contribution in [0.5, 0.6) is 0 Å². The van der Waals surface area contributed by atoms with Gasteiger partial charge >= 0.3 is 0 Å². The van der Waals surface area contributed by atoms with Crippen molar-refractivity contribution >= 4 is 23.4 Å². The van der Waals surface area contributed by atoms with Crippen LogP contribution in [0.15, 0.2) is 23.1 Å². The molecule has 1 aromatic carbocycles. The number of aliphatic hydroxyl groups is 1. The second-order valence-corrected chi connectivity index (χ2v) is 6.06. The summed E-state index contributed by atoms with van der Waals surface area (Å²) in [4.78, 5) is 14.3. The average Bonchev–Trinajstić information content (AvgIpc) is 3.01. The Labute approximate surface area is 116 Å². The lowest BCUT2D eigenvalue weighted by molar-refractivity contribution is -0.125. The molecule has 1 N–H and O–H groups in total. The predicted molar refractivity (Wildman–Crippen MR) is 74.5 cm³/mol. The van der Waals surface area contributed by atoms with Gasteiger partial charge in [0.1, 0.15) is 0 Å². The largest absolute Gasteiger partial charge is 0.378 e. The first-order chi connectivity index (χ1) is 9.16. The second kappa shape index (κ2) is 5.15. The van der Waals surface area contributed by atoms with Gasteiger partial charge in [0.05, 0.1) is 11.8 Å². The number of nitrogens with zero attached hydrogens (tertiary/aromatic N) is 1. The lowest BCUT2D eigenvalue weighted by Gasteiger charge is -2.12. The number of carbonyl (C=O) groups is 1. The van der Waals surface area contributed by atoms with Gasteiger partial charge in [0.15, 0.2) is 6.10 Å². The zero-order valence-electron chi connectivity index (χ0n) is 10.8. The van der Waals surface area contributed by atoms with E-state index in [1.165, 1.54) is 4.90 Å². The van der Waals surface area contributed by atoms with Crippen LogP contribution in [0.25, 0.3) is 0 Å². The smallest absolute Gasteiger partial charge is 0.260 e. The molecule has 19 heavy (non-hydrogen) atoms. The quantitative estimate of drug-likeness (QED) is 0.859. The predicted octanol–water partition coefficient (Wildman–Crippen LogP) is 1.97. The van der Waals surface area contributed by atoms with E-state index in [1.54, 1.807) is 18.8 Å². The maximum atomic E-state index is 11.7. The highest BCUT2D eigenvalue weighted by atomic mass is 32.2. The van der Waals surface area contributed by atoms with Crippen molar-refractivity contribution in [3.05, 3.63) is 23.8 Å². The highest BCUT2D eigenvalue weighted by molar-refractivity contribution is 7.99. The van der Waals surface area contributed by atoms with Crippen molar-refractivity contribution in [2.75, 3.05) is 24.3 Å². The van der Waals surface area contributed by atoms with Gasteiger partial charge in [0.2, 0.25) is 0 Å². The van der Waals surface area contributed by atoms with E-state index < -0.39 is 6.10 Å². The fraction of sp³-hybridized carbons (Fsp3) is 0.500. The number of ether oxygens (including phenoxy) is 1. The molecule has 0 aromatic heterocycles. The number of rotatable bonds is 3. The van der Waals surface area contributed by atoms with Crippen molar-refractivity contribution in [3.63, 3.8) is 0 Å². The Morgan fingerprint density at radius 1 is 1.53 bits per heavy atom. The molecule has 3 rings (SSSR count). The summed E-state index contributed by atoms with van der Waals surface area (Å²) in [6, 6.07) is 5.79. The molecule has 1 aromatic rings. The first kappa shape index (κ1) is 13.0. The standard InChI is InChI=1S/C14H17NO3S/c1-15-12-7-10(19-8-9-3-2-6-18-9)4-5-11(12)13(16)14(15)17/h4-5,7,9,13,16H,2-3,6,8H2,1H3. The van der Waals surface area contributed by atoms with Crippen molar-refractivity contribution in [1.82, 2.24) is 0 Å². The summed E-state index contributed by atoms with van der Waals surface area (Å²) in [6.07, 6.45) is 1.63. The molecule has 2 atom stereocenters. The highest BCUT2D eigenvalue weighted by Gasteiger charge is 2.33. The van der Waals surface area contributed by atoms with Crippen LogP contribution in [0.1, 0.15) is 24.5 Å². The van der Waals surface area contributed by atoms with Crippen molar-refractivity contribution in [2.24, 2.45) is 0 Å². The molecule has 1 saturated heterocycles. The van der Waals surface area contributed by atoms with E-state index in [0.717, 1.165) is 35.8 Å². The summed E-state index contributed by atoms with van der Waals surface area (Å²) in [7, 11) is 1.70. The zero-order chi connectivity index (χ0) is 13.4. The van der Waals surface area contributed by atoms with Crippen LogP contribution < -0.4 is 4.90 Å². The van der Waals surface area contributed by atoms with Crippen LogP contribution in [0, 0.1) is 0 Å². The van der Waals surface area contributed by atoms with Crippen molar-refractivity contribution < 1.29 is 14.6 Å². The number of benzene rings is 1. The third-order valence-corrected chi connectivity index (χ3v) is 4.81. The number of likely N-dealkylation sites (N-methyl/N-ethyl adjacent to an activating group) is 1.